The van der Waals surface area contributed by atoms with Crippen LogP contribution in [0.2, 0.25) is 5.02 Å². The summed E-state index contributed by atoms with van der Waals surface area (Å²) in [5.74, 6) is 1.80. The van der Waals surface area contributed by atoms with E-state index in [1.165, 1.54) is 0 Å². The molecule has 2 heterocycles. The third-order valence-corrected chi connectivity index (χ3v) is 4.91. The van der Waals surface area contributed by atoms with Gasteiger partial charge in [0.25, 0.3) is 0 Å². The highest BCUT2D eigenvalue weighted by molar-refractivity contribution is 7.71. The van der Waals surface area contributed by atoms with E-state index in [0.29, 0.717) is 40.3 Å². The minimum atomic E-state index is 0.411. The van der Waals surface area contributed by atoms with Crippen LogP contribution in [0.3, 0.4) is 0 Å². The Morgan fingerprint density at radius 1 is 1.37 bits per heavy atom. The number of nitrogens with zero attached hydrogens (tertiary/aromatic N) is 3. The fraction of sp³-hybridized carbons (Fsp3) is 0.278. The van der Waals surface area contributed by atoms with Gasteiger partial charge in [-0.3, -0.25) is 0 Å². The van der Waals surface area contributed by atoms with Crippen molar-refractivity contribution < 1.29 is 9.47 Å². The lowest BCUT2D eigenvalue weighted by Gasteiger charge is -2.13. The van der Waals surface area contributed by atoms with Gasteiger partial charge in [-0.2, -0.15) is 14.9 Å². The van der Waals surface area contributed by atoms with Crippen LogP contribution in [0.4, 0.5) is 0 Å². The number of hydrogen-bond acceptors (Lipinski definition) is 6. The molecule has 1 aromatic carbocycles. The maximum atomic E-state index is 6.40. The van der Waals surface area contributed by atoms with Crippen LogP contribution in [0, 0.1) is 4.77 Å². The number of rotatable bonds is 8. The number of aromatic nitrogens is 3. The first-order chi connectivity index (χ1) is 13.1. The van der Waals surface area contributed by atoms with Gasteiger partial charge in [-0.15, -0.1) is 11.3 Å². The molecule has 0 aliphatic rings. The third kappa shape index (κ3) is 4.58. The molecule has 0 saturated heterocycles. The van der Waals surface area contributed by atoms with Crippen molar-refractivity contribution in [2.45, 2.75) is 20.3 Å². The quantitative estimate of drug-likeness (QED) is 0.390. The Morgan fingerprint density at radius 2 is 2.22 bits per heavy atom. The normalized spacial score (nSPS) is 11.2. The lowest BCUT2D eigenvalue weighted by molar-refractivity contribution is 0.277. The molecule has 1 N–H and O–H groups in total. The number of nitrogens with one attached hydrogen (secondary N) is 1. The molecular weight excluding hydrogens is 404 g/mol. The Bertz CT molecular complexity index is 980. The van der Waals surface area contributed by atoms with Gasteiger partial charge in [0.2, 0.25) is 4.77 Å². The van der Waals surface area contributed by atoms with Gasteiger partial charge in [0.05, 0.1) is 29.3 Å². The van der Waals surface area contributed by atoms with Crippen molar-refractivity contribution in [3.8, 4) is 22.2 Å². The maximum absolute atomic E-state index is 6.40. The highest BCUT2D eigenvalue weighted by Gasteiger charge is 2.13. The zero-order valence-electron chi connectivity index (χ0n) is 14.9. The average molecular weight is 423 g/mol. The van der Waals surface area contributed by atoms with Crippen molar-refractivity contribution in [3.05, 3.63) is 45.0 Å². The predicted molar refractivity (Wildman–Crippen MR) is 112 cm³/mol. The zero-order chi connectivity index (χ0) is 19.2. The fourth-order valence-corrected chi connectivity index (χ4v) is 3.51. The van der Waals surface area contributed by atoms with Gasteiger partial charge in [-0.05, 0) is 54.7 Å². The first-order valence-electron chi connectivity index (χ1n) is 8.48. The van der Waals surface area contributed by atoms with Gasteiger partial charge in [0, 0.05) is 0 Å². The van der Waals surface area contributed by atoms with E-state index in [-0.39, 0.29) is 0 Å². The van der Waals surface area contributed by atoms with Crippen LogP contribution in [0.5, 0.6) is 11.5 Å². The Labute approximate surface area is 171 Å². The first kappa shape index (κ1) is 19.6. The second-order valence-electron chi connectivity index (χ2n) is 5.50. The summed E-state index contributed by atoms with van der Waals surface area (Å²) in [4.78, 5) is 0.968. The van der Waals surface area contributed by atoms with Crippen LogP contribution in [0.15, 0.2) is 34.7 Å². The number of H-pyrrole nitrogens is 1. The van der Waals surface area contributed by atoms with Crippen LogP contribution in [0.1, 0.15) is 25.8 Å². The molecule has 0 saturated carbocycles. The predicted octanol–water partition coefficient (Wildman–Crippen LogP) is 5.39. The van der Waals surface area contributed by atoms with Crippen molar-refractivity contribution in [2.75, 3.05) is 13.2 Å². The van der Waals surface area contributed by atoms with E-state index in [1.807, 2.05) is 37.4 Å². The Hall–Kier alpha value is -2.16. The number of benzene rings is 1. The molecule has 0 aliphatic carbocycles. The van der Waals surface area contributed by atoms with Gasteiger partial charge in [0.15, 0.2) is 17.3 Å². The summed E-state index contributed by atoms with van der Waals surface area (Å²) in [7, 11) is 0. The summed E-state index contributed by atoms with van der Waals surface area (Å²) < 4.78 is 13.4. The molecule has 9 heteroatoms. The zero-order valence-corrected chi connectivity index (χ0v) is 17.3. The molecule has 3 aromatic rings. The summed E-state index contributed by atoms with van der Waals surface area (Å²) in [6.07, 6.45) is 2.55. The lowest BCUT2D eigenvalue weighted by atomic mass is 10.2. The van der Waals surface area contributed by atoms with Crippen molar-refractivity contribution in [1.29, 1.82) is 0 Å². The molecule has 27 heavy (non-hydrogen) atoms. The van der Waals surface area contributed by atoms with E-state index in [9.17, 15) is 0 Å². The van der Waals surface area contributed by atoms with Crippen molar-refractivity contribution in [3.63, 3.8) is 0 Å². The molecule has 0 bridgehead atoms. The largest absolute Gasteiger partial charge is 0.490 e. The van der Waals surface area contributed by atoms with E-state index in [2.05, 4.69) is 15.3 Å². The highest BCUT2D eigenvalue weighted by atomic mass is 35.5. The summed E-state index contributed by atoms with van der Waals surface area (Å²) in [6, 6.07) is 7.55. The summed E-state index contributed by atoms with van der Waals surface area (Å²) >= 11 is 13.3. The van der Waals surface area contributed by atoms with E-state index < -0.39 is 0 Å². The van der Waals surface area contributed by atoms with Gasteiger partial charge in [-0.1, -0.05) is 24.6 Å². The molecule has 0 radical (unpaired) electrons. The Balaban J connectivity index is 1.94. The van der Waals surface area contributed by atoms with Crippen LogP contribution < -0.4 is 9.47 Å². The molecule has 0 spiro atoms. The Kier molecular flexibility index (Phi) is 6.65. The van der Waals surface area contributed by atoms with Crippen molar-refractivity contribution in [2.24, 2.45) is 5.10 Å². The number of hydrogen-bond donors (Lipinski definition) is 1. The topological polar surface area (TPSA) is 64.4 Å². The molecule has 0 atom stereocenters. The monoisotopic (exact) mass is 422 g/mol. The molecule has 2 aromatic heterocycles. The standard InChI is InChI=1S/C18H19ClN4O2S2/c1-3-7-25-16-13(19)9-12(10-14(16)24-4-2)11-20-23-17(21-22-18(23)26)15-6-5-8-27-15/h5-6,8-11H,3-4,7H2,1-2H3,(H,22,26)/b20-11-. The van der Waals surface area contributed by atoms with Crippen LogP contribution >= 0.6 is 35.2 Å². The second kappa shape index (κ2) is 9.16. The summed E-state index contributed by atoms with van der Waals surface area (Å²) in [6.45, 7) is 5.03. The molecule has 0 unspecified atom stereocenters. The third-order valence-electron chi connectivity index (χ3n) is 3.50. The molecule has 6 nitrogen and oxygen atoms in total. The van der Waals surface area contributed by atoms with Gasteiger partial charge < -0.3 is 9.47 Å². The average Bonchev–Trinajstić information content (AvgIpc) is 3.29. The van der Waals surface area contributed by atoms with Crippen LogP contribution in [-0.2, 0) is 0 Å². The smallest absolute Gasteiger partial charge is 0.216 e. The van der Waals surface area contributed by atoms with E-state index >= 15 is 0 Å². The molecule has 3 rings (SSSR count). The molecular formula is C18H19ClN4O2S2. The van der Waals surface area contributed by atoms with E-state index in [0.717, 1.165) is 16.9 Å². The number of ether oxygens (including phenoxy) is 2. The minimum Gasteiger partial charge on any atom is -0.490 e. The van der Waals surface area contributed by atoms with Crippen molar-refractivity contribution >= 4 is 41.4 Å². The summed E-state index contributed by atoms with van der Waals surface area (Å²) in [5.41, 5.74) is 0.771. The molecule has 0 aliphatic heterocycles. The SMILES string of the molecule is CCCOc1c(Cl)cc(/C=N\n2c(-c3cccs3)n[nH]c2=S)cc1OCC. The first-order valence-corrected chi connectivity index (χ1v) is 10.1. The number of halogens is 1. The fourth-order valence-electron chi connectivity index (χ4n) is 2.36. The maximum Gasteiger partial charge on any atom is 0.216 e. The highest BCUT2D eigenvalue weighted by Crippen LogP contribution is 2.36. The summed E-state index contributed by atoms with van der Waals surface area (Å²) in [5, 5.41) is 14.0. The molecule has 142 valence electrons. The van der Waals surface area contributed by atoms with Gasteiger partial charge in [0.1, 0.15) is 0 Å². The van der Waals surface area contributed by atoms with Crippen molar-refractivity contribution in [1.82, 2.24) is 14.9 Å². The van der Waals surface area contributed by atoms with Gasteiger partial charge >= 0.3 is 0 Å². The van der Waals surface area contributed by atoms with E-state index in [1.54, 1.807) is 28.3 Å². The van der Waals surface area contributed by atoms with E-state index in [4.69, 9.17) is 33.3 Å². The number of thiophene rings is 1. The molecule has 0 fully saturated rings. The Morgan fingerprint density at radius 3 is 2.93 bits per heavy atom. The molecule has 0 amide bonds. The lowest BCUT2D eigenvalue weighted by Crippen LogP contribution is -2.02. The van der Waals surface area contributed by atoms with Gasteiger partial charge in [-0.25, -0.2) is 5.10 Å². The second-order valence-corrected chi connectivity index (χ2v) is 7.24. The minimum absolute atomic E-state index is 0.411. The van der Waals surface area contributed by atoms with Crippen LogP contribution in [-0.4, -0.2) is 34.3 Å². The van der Waals surface area contributed by atoms with Crippen LogP contribution in [0.25, 0.3) is 10.7 Å². The number of aromatic amines is 1.